The summed E-state index contributed by atoms with van der Waals surface area (Å²) in [4.78, 5) is 13.5. The third-order valence-electron chi connectivity index (χ3n) is 3.75. The number of anilines is 1. The number of rotatable bonds is 3. The van der Waals surface area contributed by atoms with Crippen LogP contribution in [0.15, 0.2) is 47.4 Å². The summed E-state index contributed by atoms with van der Waals surface area (Å²) in [7, 11) is 0. The highest BCUT2D eigenvalue weighted by atomic mass is 32.2. The Hall–Kier alpha value is -1.78. The molecule has 4 heteroatoms. The van der Waals surface area contributed by atoms with Crippen LogP contribution in [0.25, 0.3) is 0 Å². The van der Waals surface area contributed by atoms with Crippen molar-refractivity contribution in [3.05, 3.63) is 59.2 Å². The van der Waals surface area contributed by atoms with Crippen molar-refractivity contribution >= 4 is 23.4 Å². The molecule has 3 rings (SSSR count). The number of amides is 1. The minimum absolute atomic E-state index is 0.0540. The first-order valence-corrected chi connectivity index (χ1v) is 8.27. The van der Waals surface area contributed by atoms with Crippen LogP contribution in [0.1, 0.15) is 21.5 Å². The van der Waals surface area contributed by atoms with Crippen LogP contribution in [0.4, 0.5) is 5.69 Å². The third-order valence-corrected chi connectivity index (χ3v) is 4.49. The zero-order valence-electron chi connectivity index (χ0n) is 12.0. The number of carbonyl (C=O) groups excluding carboxylic acids is 1. The number of hydrogen-bond donors (Lipinski definition) is 2. The monoisotopic (exact) mass is 298 g/mol. The normalized spacial score (nSPS) is 13.6. The zero-order valence-corrected chi connectivity index (χ0v) is 12.8. The summed E-state index contributed by atoms with van der Waals surface area (Å²) in [5.74, 6) is -0.0540. The van der Waals surface area contributed by atoms with Gasteiger partial charge in [0.2, 0.25) is 0 Å². The molecule has 1 aliphatic rings. The highest BCUT2D eigenvalue weighted by Crippen LogP contribution is 2.23. The number of hydrogen-bond acceptors (Lipinski definition) is 3. The summed E-state index contributed by atoms with van der Waals surface area (Å²) in [6.07, 6.45) is 3.04. The van der Waals surface area contributed by atoms with E-state index >= 15 is 0 Å². The smallest absolute Gasteiger partial charge is 0.255 e. The minimum atomic E-state index is -0.0540. The van der Waals surface area contributed by atoms with Crippen molar-refractivity contribution in [2.45, 2.75) is 17.9 Å². The molecule has 0 atom stereocenters. The zero-order chi connectivity index (χ0) is 14.7. The summed E-state index contributed by atoms with van der Waals surface area (Å²) < 4.78 is 0. The molecule has 1 heterocycles. The van der Waals surface area contributed by atoms with Gasteiger partial charge in [0.15, 0.2) is 0 Å². The molecule has 0 fully saturated rings. The fraction of sp³-hybridized carbons (Fsp3) is 0.235. The maximum Gasteiger partial charge on any atom is 0.255 e. The van der Waals surface area contributed by atoms with E-state index in [9.17, 15) is 4.79 Å². The van der Waals surface area contributed by atoms with Crippen molar-refractivity contribution < 1.29 is 4.79 Å². The maximum atomic E-state index is 12.4. The molecular weight excluding hydrogens is 280 g/mol. The highest BCUT2D eigenvalue weighted by Gasteiger charge is 2.14. The van der Waals surface area contributed by atoms with E-state index in [4.69, 9.17) is 0 Å². The van der Waals surface area contributed by atoms with Gasteiger partial charge in [-0.3, -0.25) is 4.79 Å². The average Bonchev–Trinajstić information content (AvgIpc) is 2.55. The molecule has 1 amide bonds. The second-order valence-electron chi connectivity index (χ2n) is 5.05. The van der Waals surface area contributed by atoms with E-state index in [2.05, 4.69) is 16.7 Å². The second-order valence-corrected chi connectivity index (χ2v) is 5.93. The number of carbonyl (C=O) groups is 1. The molecule has 0 radical (unpaired) electrons. The van der Waals surface area contributed by atoms with Crippen molar-refractivity contribution in [2.75, 3.05) is 18.1 Å². The highest BCUT2D eigenvalue weighted by molar-refractivity contribution is 7.98. The third kappa shape index (κ3) is 3.12. The lowest BCUT2D eigenvalue weighted by atomic mass is 9.99. The molecule has 2 N–H and O–H groups in total. The molecule has 0 bridgehead atoms. The number of thioether (sulfide) groups is 1. The van der Waals surface area contributed by atoms with Gasteiger partial charge in [0.05, 0.1) is 0 Å². The van der Waals surface area contributed by atoms with Crippen LogP contribution in [0.5, 0.6) is 0 Å². The van der Waals surface area contributed by atoms with Crippen LogP contribution in [0.3, 0.4) is 0 Å². The molecular formula is C17H18N2OS. The molecule has 0 unspecified atom stereocenters. The van der Waals surface area contributed by atoms with Crippen LogP contribution < -0.4 is 10.6 Å². The summed E-state index contributed by atoms with van der Waals surface area (Å²) in [5.41, 5.74) is 4.13. The minimum Gasteiger partial charge on any atom is -0.322 e. The van der Waals surface area contributed by atoms with E-state index in [-0.39, 0.29) is 5.91 Å². The Morgan fingerprint density at radius 3 is 2.76 bits per heavy atom. The molecule has 0 saturated carbocycles. The molecule has 0 aromatic heterocycles. The van der Waals surface area contributed by atoms with Gasteiger partial charge in [0.1, 0.15) is 0 Å². The molecule has 1 aliphatic heterocycles. The van der Waals surface area contributed by atoms with Crippen LogP contribution >= 0.6 is 11.8 Å². The summed E-state index contributed by atoms with van der Waals surface area (Å²) in [6.45, 7) is 1.82. The van der Waals surface area contributed by atoms with E-state index in [1.165, 1.54) is 11.1 Å². The van der Waals surface area contributed by atoms with Crippen molar-refractivity contribution in [3.8, 4) is 0 Å². The molecule has 3 nitrogen and oxygen atoms in total. The average molecular weight is 298 g/mol. The van der Waals surface area contributed by atoms with E-state index in [0.717, 1.165) is 30.1 Å². The van der Waals surface area contributed by atoms with Crippen LogP contribution in [0.2, 0.25) is 0 Å². The number of nitrogens with one attached hydrogen (secondary N) is 2. The summed E-state index contributed by atoms with van der Waals surface area (Å²) >= 11 is 1.67. The Morgan fingerprint density at radius 1 is 1.19 bits per heavy atom. The summed E-state index contributed by atoms with van der Waals surface area (Å²) in [6, 6.07) is 13.8. The molecule has 0 saturated heterocycles. The van der Waals surface area contributed by atoms with Gasteiger partial charge in [-0.15, -0.1) is 11.8 Å². The predicted molar refractivity (Wildman–Crippen MR) is 88.0 cm³/mol. The first-order valence-electron chi connectivity index (χ1n) is 7.05. The Labute approximate surface area is 129 Å². The van der Waals surface area contributed by atoms with Gasteiger partial charge in [-0.2, -0.15) is 0 Å². The van der Waals surface area contributed by atoms with E-state index in [0.29, 0.717) is 5.56 Å². The molecule has 0 aliphatic carbocycles. The van der Waals surface area contributed by atoms with Crippen molar-refractivity contribution in [1.29, 1.82) is 0 Å². The maximum absolute atomic E-state index is 12.4. The number of benzene rings is 2. The summed E-state index contributed by atoms with van der Waals surface area (Å²) in [5, 5.41) is 6.39. The predicted octanol–water partition coefficient (Wildman–Crippen LogP) is 3.31. The first kappa shape index (κ1) is 14.2. The van der Waals surface area contributed by atoms with Crippen molar-refractivity contribution in [3.63, 3.8) is 0 Å². The van der Waals surface area contributed by atoms with E-state index in [1.54, 1.807) is 11.8 Å². The second kappa shape index (κ2) is 6.33. The van der Waals surface area contributed by atoms with E-state index < -0.39 is 0 Å². The largest absolute Gasteiger partial charge is 0.322 e. The molecule has 2 aromatic carbocycles. The molecule has 2 aromatic rings. The lowest BCUT2D eigenvalue weighted by molar-refractivity contribution is 0.102. The fourth-order valence-electron chi connectivity index (χ4n) is 2.57. The topological polar surface area (TPSA) is 41.1 Å². The Kier molecular flexibility index (Phi) is 4.27. The quantitative estimate of drug-likeness (QED) is 0.854. The first-order chi connectivity index (χ1) is 10.3. The lowest BCUT2D eigenvalue weighted by Gasteiger charge is -2.20. The van der Waals surface area contributed by atoms with E-state index in [1.807, 2.05) is 42.7 Å². The van der Waals surface area contributed by atoms with Gasteiger partial charge in [-0.25, -0.2) is 0 Å². The van der Waals surface area contributed by atoms with Crippen LogP contribution in [-0.2, 0) is 13.0 Å². The Bertz CT molecular complexity index is 652. The number of fused-ring (bicyclic) bond motifs is 1. The lowest BCUT2D eigenvalue weighted by Crippen LogP contribution is -2.25. The standard InChI is InChI=1S/C17H18N2OS/c1-21-14-7-5-13(6-8-14)17(20)19-16-4-2-3-12-9-10-18-11-15(12)16/h2-8,18H,9-11H2,1H3,(H,19,20). The molecule has 0 spiro atoms. The van der Waals surface area contributed by atoms with Gasteiger partial charge in [-0.1, -0.05) is 12.1 Å². The Morgan fingerprint density at radius 2 is 2.00 bits per heavy atom. The van der Waals surface area contributed by atoms with Gasteiger partial charge < -0.3 is 10.6 Å². The van der Waals surface area contributed by atoms with Crippen molar-refractivity contribution in [2.24, 2.45) is 0 Å². The molecule has 108 valence electrons. The SMILES string of the molecule is CSc1ccc(C(=O)Nc2cccc3c2CNCC3)cc1. The van der Waals surface area contributed by atoms with Gasteiger partial charge >= 0.3 is 0 Å². The van der Waals surface area contributed by atoms with Crippen LogP contribution in [0, 0.1) is 0 Å². The van der Waals surface area contributed by atoms with Crippen molar-refractivity contribution in [1.82, 2.24) is 5.32 Å². The Balaban J connectivity index is 1.81. The van der Waals surface area contributed by atoms with Gasteiger partial charge in [0, 0.05) is 22.7 Å². The van der Waals surface area contributed by atoms with Gasteiger partial charge in [0.25, 0.3) is 5.91 Å². The molecule has 21 heavy (non-hydrogen) atoms. The fourth-order valence-corrected chi connectivity index (χ4v) is 2.98. The van der Waals surface area contributed by atoms with Crippen LogP contribution in [-0.4, -0.2) is 18.7 Å². The van der Waals surface area contributed by atoms with Gasteiger partial charge in [-0.05, 0) is 60.7 Å².